The Bertz CT molecular complexity index is 1030. The minimum Gasteiger partial charge on any atom is -0.462 e. The Hall–Kier alpha value is -1.62. The molecule has 1 saturated carbocycles. The van der Waals surface area contributed by atoms with Crippen LogP contribution in [-0.4, -0.2) is 69.2 Å². The third-order valence-electron chi connectivity index (χ3n) is 9.86. The summed E-state index contributed by atoms with van der Waals surface area (Å²) in [4.78, 5) is 55.5. The first-order valence-corrected chi connectivity index (χ1v) is 22.0. The SMILES string of the molecule is CCCCC[C@H](O)/C=C/[C@H]1[C@H](O)CC(=O)[C@@H]1CCCCCCC(=O)O[C@H](COC(=O)CCCCCCCCCCCCCC(C)C)COP(=O)(O)O. The molecule has 0 aromatic carbocycles. The highest BCUT2D eigenvalue weighted by molar-refractivity contribution is 7.46. The van der Waals surface area contributed by atoms with E-state index in [1.165, 1.54) is 51.4 Å². The Balaban J connectivity index is 2.28. The van der Waals surface area contributed by atoms with Crippen LogP contribution in [0.3, 0.4) is 0 Å². The zero-order chi connectivity index (χ0) is 38.6. The molecule has 52 heavy (non-hydrogen) atoms. The first kappa shape index (κ1) is 48.4. The number of unbranched alkanes of at least 4 members (excludes halogenated alkanes) is 15. The summed E-state index contributed by atoms with van der Waals surface area (Å²) in [7, 11) is -4.82. The van der Waals surface area contributed by atoms with E-state index in [9.17, 15) is 29.2 Å². The fourth-order valence-electron chi connectivity index (χ4n) is 6.75. The third kappa shape index (κ3) is 26.2. The molecule has 0 bridgehead atoms. The van der Waals surface area contributed by atoms with E-state index < -0.39 is 44.7 Å². The molecular weight excluding hydrogens is 687 g/mol. The zero-order valence-corrected chi connectivity index (χ0v) is 33.5. The number of hydrogen-bond donors (Lipinski definition) is 4. The van der Waals surface area contributed by atoms with Crippen LogP contribution in [0.1, 0.15) is 175 Å². The lowest BCUT2D eigenvalue weighted by molar-refractivity contribution is -0.161. The van der Waals surface area contributed by atoms with Gasteiger partial charge in [0.2, 0.25) is 0 Å². The van der Waals surface area contributed by atoms with E-state index in [-0.39, 0.29) is 43.5 Å². The number of hydrogen-bond acceptors (Lipinski definition) is 9. The molecule has 1 aliphatic rings. The Kier molecular flexibility index (Phi) is 27.6. The fraction of sp³-hybridized carbons (Fsp3) is 0.875. The largest absolute Gasteiger partial charge is 0.469 e. The highest BCUT2D eigenvalue weighted by atomic mass is 31.2. The summed E-state index contributed by atoms with van der Waals surface area (Å²) in [5.74, 6) is -0.798. The van der Waals surface area contributed by atoms with Crippen LogP contribution in [0.4, 0.5) is 0 Å². The van der Waals surface area contributed by atoms with Crippen molar-refractivity contribution in [3.05, 3.63) is 12.2 Å². The van der Waals surface area contributed by atoms with Gasteiger partial charge in [0, 0.05) is 31.1 Å². The molecule has 0 aromatic heterocycles. The summed E-state index contributed by atoms with van der Waals surface area (Å²) in [6.07, 6.45) is 22.7. The molecule has 11 nitrogen and oxygen atoms in total. The maximum Gasteiger partial charge on any atom is 0.469 e. The average Bonchev–Trinajstić information content (AvgIpc) is 3.35. The molecule has 0 aromatic rings. The van der Waals surface area contributed by atoms with Gasteiger partial charge in [-0.15, -0.1) is 0 Å². The molecular formula is C40H73O11P. The van der Waals surface area contributed by atoms with E-state index in [1.807, 2.05) is 0 Å². The number of carbonyl (C=O) groups is 3. The van der Waals surface area contributed by atoms with Gasteiger partial charge < -0.3 is 29.5 Å². The van der Waals surface area contributed by atoms with Gasteiger partial charge in [-0.25, -0.2) is 4.57 Å². The molecule has 12 heteroatoms. The van der Waals surface area contributed by atoms with Gasteiger partial charge in [-0.2, -0.15) is 0 Å². The minimum absolute atomic E-state index is 0.0367. The summed E-state index contributed by atoms with van der Waals surface area (Å²) in [6.45, 7) is 5.70. The van der Waals surface area contributed by atoms with Crippen molar-refractivity contribution in [2.45, 2.75) is 193 Å². The maximum absolute atomic E-state index is 12.5. The normalized spacial score (nSPS) is 19.1. The van der Waals surface area contributed by atoms with Crippen LogP contribution in [-0.2, 0) is 32.9 Å². The van der Waals surface area contributed by atoms with Gasteiger partial charge in [0.05, 0.1) is 18.8 Å². The van der Waals surface area contributed by atoms with Crippen LogP contribution in [0.5, 0.6) is 0 Å². The second kappa shape index (κ2) is 29.7. The van der Waals surface area contributed by atoms with Gasteiger partial charge in [0.15, 0.2) is 6.10 Å². The van der Waals surface area contributed by atoms with Crippen molar-refractivity contribution in [2.75, 3.05) is 13.2 Å². The van der Waals surface area contributed by atoms with Crippen molar-refractivity contribution >= 4 is 25.5 Å². The molecule has 0 amide bonds. The van der Waals surface area contributed by atoms with Crippen LogP contribution in [0.2, 0.25) is 0 Å². The van der Waals surface area contributed by atoms with Gasteiger partial charge in [-0.3, -0.25) is 18.9 Å². The predicted molar refractivity (Wildman–Crippen MR) is 203 cm³/mol. The zero-order valence-electron chi connectivity index (χ0n) is 32.6. The predicted octanol–water partition coefficient (Wildman–Crippen LogP) is 8.68. The minimum atomic E-state index is -4.82. The molecule has 0 aliphatic heterocycles. The van der Waals surface area contributed by atoms with Crippen LogP contribution in [0.15, 0.2) is 12.2 Å². The third-order valence-corrected chi connectivity index (χ3v) is 10.3. The van der Waals surface area contributed by atoms with E-state index in [0.29, 0.717) is 32.1 Å². The van der Waals surface area contributed by atoms with Crippen LogP contribution < -0.4 is 0 Å². The number of carbonyl (C=O) groups excluding carboxylic acids is 3. The number of phosphoric ester groups is 1. The Morgan fingerprint density at radius 2 is 1.33 bits per heavy atom. The first-order valence-electron chi connectivity index (χ1n) is 20.4. The van der Waals surface area contributed by atoms with Crippen LogP contribution in [0, 0.1) is 17.8 Å². The summed E-state index contributed by atoms with van der Waals surface area (Å²) in [5, 5.41) is 20.6. The summed E-state index contributed by atoms with van der Waals surface area (Å²) < 4.78 is 26.4. The number of esters is 2. The molecule has 0 saturated heterocycles. The number of rotatable bonds is 33. The second-order valence-corrected chi connectivity index (χ2v) is 16.5. The molecule has 1 rings (SSSR count). The second-order valence-electron chi connectivity index (χ2n) is 15.2. The van der Waals surface area contributed by atoms with Crippen LogP contribution >= 0.6 is 7.82 Å². The molecule has 1 fully saturated rings. The van der Waals surface area contributed by atoms with Crippen molar-refractivity contribution in [3.8, 4) is 0 Å². The summed E-state index contributed by atoms with van der Waals surface area (Å²) >= 11 is 0. The number of aliphatic hydroxyl groups is 2. The number of aliphatic hydroxyl groups excluding tert-OH is 2. The van der Waals surface area contributed by atoms with Gasteiger partial charge >= 0.3 is 19.8 Å². The van der Waals surface area contributed by atoms with Crippen molar-refractivity contribution in [1.29, 1.82) is 0 Å². The first-order chi connectivity index (χ1) is 24.8. The maximum atomic E-state index is 12.5. The topological polar surface area (TPSA) is 177 Å². The quantitative estimate of drug-likeness (QED) is 0.0218. The van der Waals surface area contributed by atoms with Crippen molar-refractivity contribution in [1.82, 2.24) is 0 Å². The van der Waals surface area contributed by atoms with Gasteiger partial charge in [-0.05, 0) is 31.6 Å². The van der Waals surface area contributed by atoms with Crippen LogP contribution in [0.25, 0.3) is 0 Å². The van der Waals surface area contributed by atoms with Crippen molar-refractivity contribution in [2.24, 2.45) is 17.8 Å². The van der Waals surface area contributed by atoms with E-state index in [4.69, 9.17) is 19.3 Å². The Morgan fingerprint density at radius 3 is 1.90 bits per heavy atom. The van der Waals surface area contributed by atoms with E-state index in [1.54, 1.807) is 12.2 Å². The molecule has 1 aliphatic carbocycles. The van der Waals surface area contributed by atoms with Gasteiger partial charge in [-0.1, -0.05) is 142 Å². The molecule has 0 unspecified atom stereocenters. The summed E-state index contributed by atoms with van der Waals surface area (Å²) in [5.41, 5.74) is 0. The Morgan fingerprint density at radius 1 is 0.788 bits per heavy atom. The molecule has 5 atom stereocenters. The molecule has 304 valence electrons. The number of phosphoric acid groups is 1. The highest BCUT2D eigenvalue weighted by Gasteiger charge is 2.39. The molecule has 0 heterocycles. The smallest absolute Gasteiger partial charge is 0.462 e. The fourth-order valence-corrected chi connectivity index (χ4v) is 7.11. The number of Topliss-reactive ketones (excluding diaryl/α,β-unsaturated/α-hetero) is 1. The standard InChI is InChI=1S/C40H73O11P/c1-4-5-17-23-33(41)27-28-36-35(37(42)29-38(36)43)24-19-15-16-21-26-40(45)51-34(31-50-52(46,47)48)30-49-39(44)25-20-14-12-10-8-6-7-9-11-13-18-22-32(2)3/h27-28,32-36,38,41,43H,4-26,29-31H2,1-3H3,(H2,46,47,48)/b28-27+/t33-,34+,35+,36+,38+/m0/s1. The van der Waals surface area contributed by atoms with E-state index >= 15 is 0 Å². The lowest BCUT2D eigenvalue weighted by Crippen LogP contribution is -2.29. The number of ketones is 1. The molecule has 4 N–H and O–H groups in total. The van der Waals surface area contributed by atoms with Crippen molar-refractivity contribution in [3.63, 3.8) is 0 Å². The van der Waals surface area contributed by atoms with E-state index in [2.05, 4.69) is 25.3 Å². The number of ether oxygens (including phenoxy) is 2. The summed E-state index contributed by atoms with van der Waals surface area (Å²) in [6, 6.07) is 0. The van der Waals surface area contributed by atoms with E-state index in [0.717, 1.165) is 57.3 Å². The lowest BCUT2D eigenvalue weighted by Gasteiger charge is -2.19. The average molecular weight is 761 g/mol. The monoisotopic (exact) mass is 760 g/mol. The molecule has 0 radical (unpaired) electrons. The van der Waals surface area contributed by atoms with Gasteiger partial charge in [0.25, 0.3) is 0 Å². The van der Waals surface area contributed by atoms with Gasteiger partial charge in [0.1, 0.15) is 12.4 Å². The molecule has 0 spiro atoms. The Labute approximate surface area is 314 Å². The highest BCUT2D eigenvalue weighted by Crippen LogP contribution is 2.36. The lowest BCUT2D eigenvalue weighted by atomic mass is 9.88. The van der Waals surface area contributed by atoms with Crippen molar-refractivity contribution < 1.29 is 52.9 Å².